The van der Waals surface area contributed by atoms with Crippen LogP contribution in [0.3, 0.4) is 0 Å². The summed E-state index contributed by atoms with van der Waals surface area (Å²) in [5, 5.41) is 9.34. The number of aromatic nitrogens is 1. The van der Waals surface area contributed by atoms with Crippen LogP contribution in [0.5, 0.6) is 0 Å². The molecule has 6 nitrogen and oxygen atoms in total. The third kappa shape index (κ3) is 2.90. The molecule has 112 valence electrons. The van der Waals surface area contributed by atoms with Gasteiger partial charge in [-0.15, -0.1) is 0 Å². The molecule has 2 N–H and O–H groups in total. The van der Waals surface area contributed by atoms with Crippen molar-refractivity contribution in [3.8, 4) is 0 Å². The largest absolute Gasteiger partial charge is 0.390 e. The number of rotatable bonds is 5. The predicted molar refractivity (Wildman–Crippen MR) is 72.8 cm³/mol. The molecular formula is C13H20N2O4S. The number of sulfonamides is 1. The minimum Gasteiger partial charge on any atom is -0.390 e. The lowest BCUT2D eigenvalue weighted by atomic mass is 10.1. The fraction of sp³-hybridized carbons (Fsp3) is 0.692. The first-order valence-electron chi connectivity index (χ1n) is 7.02. The molecule has 1 saturated heterocycles. The lowest BCUT2D eigenvalue weighted by molar-refractivity contribution is 0.0832. The molecule has 1 aromatic rings. The normalized spacial score (nSPS) is 21.2. The van der Waals surface area contributed by atoms with Gasteiger partial charge in [0.1, 0.15) is 0 Å². The molecule has 1 aromatic heterocycles. The van der Waals surface area contributed by atoms with E-state index in [0.717, 1.165) is 12.8 Å². The number of hydrogen-bond acceptors (Lipinski definition) is 4. The van der Waals surface area contributed by atoms with Gasteiger partial charge in [0.25, 0.3) is 0 Å². The van der Waals surface area contributed by atoms with Gasteiger partial charge < -0.3 is 14.4 Å². The second-order valence-electron chi connectivity index (χ2n) is 5.47. The zero-order chi connectivity index (χ0) is 14.2. The van der Waals surface area contributed by atoms with Crippen LogP contribution in [0, 0.1) is 0 Å². The number of aliphatic hydroxyl groups is 1. The van der Waals surface area contributed by atoms with Crippen molar-refractivity contribution in [3.05, 3.63) is 18.0 Å². The summed E-state index contributed by atoms with van der Waals surface area (Å²) in [6.45, 7) is 1.06. The number of ether oxygens (including phenoxy) is 1. The number of hydrogen-bond donors (Lipinski definition) is 2. The summed E-state index contributed by atoms with van der Waals surface area (Å²) in [6, 6.07) is 1.86. The van der Waals surface area contributed by atoms with Crippen molar-refractivity contribution in [3.63, 3.8) is 0 Å². The monoisotopic (exact) mass is 300 g/mol. The molecule has 20 heavy (non-hydrogen) atoms. The van der Waals surface area contributed by atoms with Crippen LogP contribution in [0.15, 0.2) is 17.2 Å². The van der Waals surface area contributed by atoms with Crippen molar-refractivity contribution >= 4 is 10.0 Å². The van der Waals surface area contributed by atoms with Crippen LogP contribution in [0.4, 0.5) is 0 Å². The Morgan fingerprint density at radius 3 is 2.60 bits per heavy atom. The standard InChI is InChI=1S/C13H20N2O4S/c16-9-12-7-13(8-15(12)11-1-2-11)20(17,18)14-10-3-5-19-6-4-10/h7-8,10-11,14,16H,1-6,9H2. The highest BCUT2D eigenvalue weighted by molar-refractivity contribution is 7.89. The quantitative estimate of drug-likeness (QED) is 0.842. The van der Waals surface area contributed by atoms with Crippen molar-refractivity contribution in [1.82, 2.24) is 9.29 Å². The summed E-state index contributed by atoms with van der Waals surface area (Å²) in [5.74, 6) is 0. The average Bonchev–Trinajstić information content (AvgIpc) is 3.18. The van der Waals surface area contributed by atoms with Gasteiger partial charge in [-0.05, 0) is 31.7 Å². The molecule has 2 fully saturated rings. The van der Waals surface area contributed by atoms with E-state index in [0.29, 0.717) is 37.8 Å². The van der Waals surface area contributed by atoms with E-state index >= 15 is 0 Å². The SMILES string of the molecule is O=S(=O)(NC1CCOCC1)c1cc(CO)n(C2CC2)c1. The van der Waals surface area contributed by atoms with Gasteiger partial charge in [-0.3, -0.25) is 0 Å². The Labute approximate surface area is 118 Å². The molecule has 0 amide bonds. The molecule has 1 aliphatic heterocycles. The van der Waals surface area contributed by atoms with Gasteiger partial charge in [-0.1, -0.05) is 0 Å². The third-order valence-corrected chi connectivity index (χ3v) is 5.35. The third-order valence-electron chi connectivity index (χ3n) is 3.86. The molecule has 1 aliphatic carbocycles. The van der Waals surface area contributed by atoms with Crippen LogP contribution >= 0.6 is 0 Å². The maximum absolute atomic E-state index is 12.4. The molecule has 0 bridgehead atoms. The molecule has 2 aliphatic rings. The highest BCUT2D eigenvalue weighted by Crippen LogP contribution is 2.37. The first-order chi connectivity index (χ1) is 9.60. The summed E-state index contributed by atoms with van der Waals surface area (Å²) in [5.41, 5.74) is 0.667. The van der Waals surface area contributed by atoms with Gasteiger partial charge in [-0.25, -0.2) is 13.1 Å². The van der Waals surface area contributed by atoms with Crippen molar-refractivity contribution in [2.45, 2.75) is 49.3 Å². The molecule has 1 saturated carbocycles. The fourth-order valence-corrected chi connectivity index (χ4v) is 3.92. The van der Waals surface area contributed by atoms with Crippen LogP contribution in [0.25, 0.3) is 0 Å². The molecule has 3 rings (SSSR count). The van der Waals surface area contributed by atoms with Crippen molar-refractivity contribution in [2.75, 3.05) is 13.2 Å². The van der Waals surface area contributed by atoms with E-state index in [-0.39, 0.29) is 17.5 Å². The summed E-state index contributed by atoms with van der Waals surface area (Å²) >= 11 is 0. The minimum atomic E-state index is -3.51. The molecule has 7 heteroatoms. The Morgan fingerprint density at radius 1 is 1.30 bits per heavy atom. The van der Waals surface area contributed by atoms with Crippen LogP contribution in [0.2, 0.25) is 0 Å². The van der Waals surface area contributed by atoms with Crippen LogP contribution in [-0.2, 0) is 21.4 Å². The summed E-state index contributed by atoms with van der Waals surface area (Å²) in [7, 11) is -3.51. The average molecular weight is 300 g/mol. The summed E-state index contributed by atoms with van der Waals surface area (Å²) in [6.07, 6.45) is 5.15. The van der Waals surface area contributed by atoms with Gasteiger partial charge in [0, 0.05) is 37.2 Å². The first kappa shape index (κ1) is 14.1. The lowest BCUT2D eigenvalue weighted by Crippen LogP contribution is -2.38. The Kier molecular flexibility index (Phi) is 3.85. The van der Waals surface area contributed by atoms with Crippen LogP contribution < -0.4 is 4.72 Å². The van der Waals surface area contributed by atoms with Gasteiger partial charge >= 0.3 is 0 Å². The predicted octanol–water partition coefficient (Wildman–Crippen LogP) is 0.773. The van der Waals surface area contributed by atoms with E-state index in [4.69, 9.17) is 4.74 Å². The van der Waals surface area contributed by atoms with E-state index in [2.05, 4.69) is 4.72 Å². The minimum absolute atomic E-state index is 0.0596. The molecule has 0 aromatic carbocycles. The van der Waals surface area contributed by atoms with E-state index in [1.54, 1.807) is 12.3 Å². The van der Waals surface area contributed by atoms with Gasteiger partial charge in [0.05, 0.1) is 11.5 Å². The number of nitrogens with zero attached hydrogens (tertiary/aromatic N) is 1. The Balaban J connectivity index is 1.79. The Bertz CT molecular complexity index is 571. The van der Waals surface area contributed by atoms with E-state index < -0.39 is 10.0 Å². The van der Waals surface area contributed by atoms with Crippen LogP contribution in [-0.4, -0.2) is 37.3 Å². The maximum atomic E-state index is 12.4. The van der Waals surface area contributed by atoms with Gasteiger partial charge in [0.2, 0.25) is 10.0 Å². The summed E-state index contributed by atoms with van der Waals surface area (Å²) < 4.78 is 34.6. The van der Waals surface area contributed by atoms with E-state index in [1.165, 1.54) is 0 Å². The van der Waals surface area contributed by atoms with Gasteiger partial charge in [0.15, 0.2) is 0 Å². The van der Waals surface area contributed by atoms with Crippen molar-refractivity contribution in [1.29, 1.82) is 0 Å². The maximum Gasteiger partial charge on any atom is 0.242 e. The molecule has 0 unspecified atom stereocenters. The molecule has 0 spiro atoms. The summed E-state index contributed by atoms with van der Waals surface area (Å²) in [4.78, 5) is 0.250. The topological polar surface area (TPSA) is 80.6 Å². The van der Waals surface area contributed by atoms with Gasteiger partial charge in [-0.2, -0.15) is 0 Å². The molecule has 0 atom stereocenters. The molecular weight excluding hydrogens is 280 g/mol. The highest BCUT2D eigenvalue weighted by Gasteiger charge is 2.29. The van der Waals surface area contributed by atoms with E-state index in [9.17, 15) is 13.5 Å². The van der Waals surface area contributed by atoms with Crippen molar-refractivity contribution in [2.24, 2.45) is 0 Å². The Hall–Kier alpha value is -0.890. The lowest BCUT2D eigenvalue weighted by Gasteiger charge is -2.22. The van der Waals surface area contributed by atoms with Crippen LogP contribution in [0.1, 0.15) is 37.4 Å². The zero-order valence-corrected chi connectivity index (χ0v) is 12.1. The highest BCUT2D eigenvalue weighted by atomic mass is 32.2. The number of aliphatic hydroxyl groups excluding tert-OH is 1. The smallest absolute Gasteiger partial charge is 0.242 e. The van der Waals surface area contributed by atoms with E-state index in [1.807, 2.05) is 4.57 Å². The second-order valence-corrected chi connectivity index (χ2v) is 7.19. The first-order valence-corrected chi connectivity index (χ1v) is 8.50. The zero-order valence-electron chi connectivity index (χ0n) is 11.3. The molecule has 2 heterocycles. The van der Waals surface area contributed by atoms with Crippen molar-refractivity contribution < 1.29 is 18.3 Å². The molecule has 0 radical (unpaired) electrons. The fourth-order valence-electron chi connectivity index (χ4n) is 2.57. The Morgan fingerprint density at radius 2 is 2.00 bits per heavy atom. The number of nitrogens with one attached hydrogen (secondary N) is 1. The second kappa shape index (κ2) is 5.48.